The summed E-state index contributed by atoms with van der Waals surface area (Å²) in [6, 6.07) is 0.659. The van der Waals surface area contributed by atoms with Crippen LogP contribution in [0.4, 0.5) is 0 Å². The molecule has 1 heterocycles. The predicted molar refractivity (Wildman–Crippen MR) is 67.6 cm³/mol. The first kappa shape index (κ1) is 11.9. The molecular weight excluding hydrogens is 218 g/mol. The molecule has 0 saturated heterocycles. The Labute approximate surface area is 101 Å². The van der Waals surface area contributed by atoms with Crippen molar-refractivity contribution in [2.75, 3.05) is 12.3 Å². The van der Waals surface area contributed by atoms with Crippen molar-refractivity contribution >= 4 is 11.8 Å². The second-order valence-corrected chi connectivity index (χ2v) is 5.29. The minimum Gasteiger partial charge on any atom is -0.313 e. The predicted octanol–water partition coefficient (Wildman–Crippen LogP) is 2.35. The van der Waals surface area contributed by atoms with E-state index in [4.69, 9.17) is 0 Å². The minimum absolute atomic E-state index is 0.659. The highest BCUT2D eigenvalue weighted by atomic mass is 32.2. The topological polar surface area (TPSA) is 37.8 Å². The van der Waals surface area contributed by atoms with E-state index in [2.05, 4.69) is 22.2 Å². The molecular formula is C12H19N3S. The van der Waals surface area contributed by atoms with Crippen molar-refractivity contribution in [3.63, 3.8) is 0 Å². The summed E-state index contributed by atoms with van der Waals surface area (Å²) in [5.74, 6) is 2.01. The van der Waals surface area contributed by atoms with E-state index in [-0.39, 0.29) is 0 Å². The van der Waals surface area contributed by atoms with E-state index >= 15 is 0 Å². The number of nitrogens with zero attached hydrogens (tertiary/aromatic N) is 2. The molecule has 1 aliphatic rings. The average molecular weight is 237 g/mol. The molecule has 0 aliphatic heterocycles. The van der Waals surface area contributed by atoms with Crippen LogP contribution in [0, 0.1) is 5.92 Å². The molecule has 0 radical (unpaired) electrons. The Hall–Kier alpha value is -0.610. The number of thioether (sulfide) groups is 1. The molecule has 0 amide bonds. The van der Waals surface area contributed by atoms with E-state index in [1.807, 2.05) is 18.0 Å². The molecule has 1 aliphatic carbocycles. The van der Waals surface area contributed by atoms with Crippen molar-refractivity contribution in [1.82, 2.24) is 15.3 Å². The maximum Gasteiger partial charge on any atom is 0.114 e. The van der Waals surface area contributed by atoms with Crippen molar-refractivity contribution in [2.24, 2.45) is 5.92 Å². The molecule has 88 valence electrons. The Morgan fingerprint density at radius 2 is 2.38 bits per heavy atom. The summed E-state index contributed by atoms with van der Waals surface area (Å²) in [4.78, 5) is 8.36. The highest BCUT2D eigenvalue weighted by Gasteiger charge is 2.30. The fourth-order valence-electron chi connectivity index (χ4n) is 1.73. The van der Waals surface area contributed by atoms with Gasteiger partial charge in [-0.3, -0.25) is 4.98 Å². The number of rotatable bonds is 7. The van der Waals surface area contributed by atoms with Crippen LogP contribution in [0.5, 0.6) is 0 Å². The lowest BCUT2D eigenvalue weighted by Gasteiger charge is -2.16. The van der Waals surface area contributed by atoms with Gasteiger partial charge in [-0.2, -0.15) is 0 Å². The van der Waals surface area contributed by atoms with Crippen LogP contribution in [0.2, 0.25) is 0 Å². The highest BCUT2D eigenvalue weighted by Crippen LogP contribution is 2.34. The van der Waals surface area contributed by atoms with Gasteiger partial charge < -0.3 is 5.32 Å². The number of hydrogen-bond donors (Lipinski definition) is 1. The van der Waals surface area contributed by atoms with Gasteiger partial charge in [-0.25, -0.2) is 4.98 Å². The largest absolute Gasteiger partial charge is 0.313 e. The van der Waals surface area contributed by atoms with Gasteiger partial charge in [0.15, 0.2) is 0 Å². The van der Waals surface area contributed by atoms with Gasteiger partial charge in [0.05, 0.1) is 6.20 Å². The first-order valence-corrected chi connectivity index (χ1v) is 7.01. The van der Waals surface area contributed by atoms with Gasteiger partial charge in [0.2, 0.25) is 0 Å². The fourth-order valence-corrected chi connectivity index (χ4v) is 2.74. The Kier molecular flexibility index (Phi) is 4.60. The van der Waals surface area contributed by atoms with Crippen molar-refractivity contribution < 1.29 is 0 Å². The highest BCUT2D eigenvalue weighted by molar-refractivity contribution is 7.99. The van der Waals surface area contributed by atoms with Crippen molar-refractivity contribution in [3.8, 4) is 0 Å². The Bertz CT molecular complexity index is 300. The van der Waals surface area contributed by atoms with Crippen LogP contribution < -0.4 is 5.32 Å². The number of aromatic nitrogens is 2. The van der Waals surface area contributed by atoms with E-state index in [0.29, 0.717) is 6.04 Å². The molecule has 1 N–H and O–H groups in total. The van der Waals surface area contributed by atoms with Gasteiger partial charge in [-0.05, 0) is 31.7 Å². The smallest absolute Gasteiger partial charge is 0.114 e. The van der Waals surface area contributed by atoms with Crippen LogP contribution in [0.1, 0.15) is 26.2 Å². The molecule has 3 nitrogen and oxygen atoms in total. The minimum atomic E-state index is 0.659. The summed E-state index contributed by atoms with van der Waals surface area (Å²) in [7, 11) is 0. The first-order valence-electron chi connectivity index (χ1n) is 6.02. The van der Waals surface area contributed by atoms with Gasteiger partial charge in [-0.15, -0.1) is 11.8 Å². The standard InChI is InChI=1S/C12H19N3S/c1-2-5-14-11(10-3-4-10)9-16-12-8-13-6-7-15-12/h6-8,10-11,14H,2-5,9H2,1H3. The van der Waals surface area contributed by atoms with Crippen LogP contribution in [-0.2, 0) is 0 Å². The molecule has 1 aromatic rings. The average Bonchev–Trinajstić information content (AvgIpc) is 3.15. The summed E-state index contributed by atoms with van der Waals surface area (Å²) >= 11 is 1.81. The van der Waals surface area contributed by atoms with Crippen molar-refractivity contribution in [1.29, 1.82) is 0 Å². The third-order valence-corrected chi connectivity index (χ3v) is 3.83. The zero-order valence-electron chi connectivity index (χ0n) is 9.72. The third kappa shape index (κ3) is 3.76. The molecule has 0 aromatic carbocycles. The fraction of sp³-hybridized carbons (Fsp3) is 0.667. The molecule has 4 heteroatoms. The summed E-state index contributed by atoms with van der Waals surface area (Å²) in [5, 5.41) is 4.67. The molecule has 1 saturated carbocycles. The molecule has 0 spiro atoms. The number of nitrogens with one attached hydrogen (secondary N) is 1. The quantitative estimate of drug-likeness (QED) is 0.739. The zero-order chi connectivity index (χ0) is 11.2. The zero-order valence-corrected chi connectivity index (χ0v) is 10.5. The SMILES string of the molecule is CCCNC(CSc1cnccn1)C1CC1. The van der Waals surface area contributed by atoms with E-state index in [1.165, 1.54) is 19.3 Å². The third-order valence-electron chi connectivity index (χ3n) is 2.80. The summed E-state index contributed by atoms with van der Waals surface area (Å²) in [6.07, 6.45) is 9.31. The molecule has 1 unspecified atom stereocenters. The Morgan fingerprint density at radius 3 is 3.00 bits per heavy atom. The summed E-state index contributed by atoms with van der Waals surface area (Å²) < 4.78 is 0. The van der Waals surface area contributed by atoms with Gasteiger partial charge >= 0.3 is 0 Å². The second kappa shape index (κ2) is 6.21. The van der Waals surface area contributed by atoms with Gasteiger partial charge in [0, 0.05) is 24.2 Å². The lowest BCUT2D eigenvalue weighted by molar-refractivity contribution is 0.503. The van der Waals surface area contributed by atoms with E-state index < -0.39 is 0 Å². The van der Waals surface area contributed by atoms with E-state index in [9.17, 15) is 0 Å². The maximum absolute atomic E-state index is 4.28. The molecule has 1 aromatic heterocycles. The molecule has 2 rings (SSSR count). The molecule has 1 fully saturated rings. The molecule has 16 heavy (non-hydrogen) atoms. The number of hydrogen-bond acceptors (Lipinski definition) is 4. The van der Waals surface area contributed by atoms with Crippen molar-refractivity contribution in [3.05, 3.63) is 18.6 Å². The monoisotopic (exact) mass is 237 g/mol. The normalized spacial score (nSPS) is 17.3. The van der Waals surface area contributed by atoms with Crippen LogP contribution >= 0.6 is 11.8 Å². The molecule has 1 atom stereocenters. The first-order chi connectivity index (χ1) is 7.90. The van der Waals surface area contributed by atoms with E-state index in [0.717, 1.165) is 23.2 Å². The van der Waals surface area contributed by atoms with Crippen molar-refractivity contribution in [2.45, 2.75) is 37.3 Å². The van der Waals surface area contributed by atoms with Gasteiger partial charge in [0.25, 0.3) is 0 Å². The van der Waals surface area contributed by atoms with Crippen LogP contribution in [0.25, 0.3) is 0 Å². The van der Waals surface area contributed by atoms with Crippen LogP contribution in [0.15, 0.2) is 23.6 Å². The Morgan fingerprint density at radius 1 is 1.50 bits per heavy atom. The van der Waals surface area contributed by atoms with Gasteiger partial charge in [0.1, 0.15) is 5.03 Å². The lowest BCUT2D eigenvalue weighted by Crippen LogP contribution is -2.33. The van der Waals surface area contributed by atoms with E-state index in [1.54, 1.807) is 12.4 Å². The van der Waals surface area contributed by atoms with Gasteiger partial charge in [-0.1, -0.05) is 6.92 Å². The Balaban J connectivity index is 1.77. The van der Waals surface area contributed by atoms with Crippen LogP contribution in [0.3, 0.4) is 0 Å². The summed E-state index contributed by atoms with van der Waals surface area (Å²) in [6.45, 7) is 3.34. The molecule has 0 bridgehead atoms. The van der Waals surface area contributed by atoms with Crippen LogP contribution in [-0.4, -0.2) is 28.3 Å². The lowest BCUT2D eigenvalue weighted by atomic mass is 10.2. The summed E-state index contributed by atoms with van der Waals surface area (Å²) in [5.41, 5.74) is 0. The maximum atomic E-state index is 4.28. The second-order valence-electron chi connectivity index (χ2n) is 4.25.